The highest BCUT2D eigenvalue weighted by Gasteiger charge is 2.26. The number of nitrogens with one attached hydrogen (secondary N) is 1. The lowest BCUT2D eigenvalue weighted by Crippen LogP contribution is -2.33. The van der Waals surface area contributed by atoms with Crippen molar-refractivity contribution in [2.45, 2.75) is 32.3 Å². The molecule has 2 rings (SSSR count). The number of hydrogen-bond acceptors (Lipinski definition) is 2. The molecule has 1 amide bonds. The van der Waals surface area contributed by atoms with Crippen molar-refractivity contribution in [1.29, 1.82) is 0 Å². The lowest BCUT2D eigenvalue weighted by Gasteiger charge is -2.23. The molecule has 2 aromatic carbocycles. The van der Waals surface area contributed by atoms with Crippen molar-refractivity contribution < 1.29 is 9.90 Å². The van der Waals surface area contributed by atoms with Crippen LogP contribution in [0.15, 0.2) is 54.6 Å². The van der Waals surface area contributed by atoms with Crippen molar-refractivity contribution >= 4 is 5.91 Å². The first kappa shape index (κ1) is 16.2. The third-order valence-electron chi connectivity index (χ3n) is 3.88. The number of rotatable bonds is 6. The molecule has 0 saturated heterocycles. The van der Waals surface area contributed by atoms with Crippen molar-refractivity contribution in [2.75, 3.05) is 6.54 Å². The normalized spacial score (nSPS) is 13.4. The van der Waals surface area contributed by atoms with Crippen LogP contribution >= 0.6 is 0 Å². The molecule has 1 atom stereocenters. The van der Waals surface area contributed by atoms with Gasteiger partial charge in [0, 0.05) is 6.54 Å². The van der Waals surface area contributed by atoms with Gasteiger partial charge in [-0.1, -0.05) is 54.6 Å². The van der Waals surface area contributed by atoms with E-state index in [9.17, 15) is 9.90 Å². The van der Waals surface area contributed by atoms with Gasteiger partial charge in [0.1, 0.15) is 0 Å². The van der Waals surface area contributed by atoms with Gasteiger partial charge in [-0.25, -0.2) is 0 Å². The Labute approximate surface area is 132 Å². The van der Waals surface area contributed by atoms with Crippen molar-refractivity contribution in [3.8, 4) is 0 Å². The Kier molecular flexibility index (Phi) is 5.34. The van der Waals surface area contributed by atoms with Gasteiger partial charge in [0.2, 0.25) is 5.91 Å². The van der Waals surface area contributed by atoms with Gasteiger partial charge in [0.05, 0.1) is 12.0 Å². The summed E-state index contributed by atoms with van der Waals surface area (Å²) < 4.78 is 0. The number of hydrogen-bond donors (Lipinski definition) is 2. The number of aliphatic hydroxyl groups is 1. The van der Waals surface area contributed by atoms with Crippen LogP contribution in [0.1, 0.15) is 30.0 Å². The molecule has 2 N–H and O–H groups in total. The molecule has 0 saturated carbocycles. The Morgan fingerprint density at radius 2 is 1.73 bits per heavy atom. The zero-order chi connectivity index (χ0) is 16.0. The molecule has 0 heterocycles. The molecule has 0 aliphatic carbocycles. The topological polar surface area (TPSA) is 49.3 Å². The van der Waals surface area contributed by atoms with Gasteiger partial charge < -0.3 is 10.4 Å². The second kappa shape index (κ2) is 7.23. The van der Waals surface area contributed by atoms with E-state index < -0.39 is 5.60 Å². The molecule has 0 fully saturated rings. The van der Waals surface area contributed by atoms with Gasteiger partial charge in [-0.05, 0) is 37.0 Å². The molecule has 116 valence electrons. The second-order valence-corrected chi connectivity index (χ2v) is 5.84. The van der Waals surface area contributed by atoms with Crippen LogP contribution in [-0.4, -0.2) is 17.6 Å². The minimum Gasteiger partial charge on any atom is -0.385 e. The highest BCUT2D eigenvalue weighted by atomic mass is 16.3. The average Bonchev–Trinajstić information content (AvgIpc) is 2.50. The number of amides is 1. The zero-order valence-electron chi connectivity index (χ0n) is 13.2. The molecule has 0 aliphatic heterocycles. The quantitative estimate of drug-likeness (QED) is 0.861. The molecule has 2 aromatic rings. The summed E-state index contributed by atoms with van der Waals surface area (Å²) in [6.45, 7) is 4.31. The molecule has 0 aromatic heterocycles. The first-order valence-corrected chi connectivity index (χ1v) is 7.58. The van der Waals surface area contributed by atoms with Gasteiger partial charge in [0.25, 0.3) is 0 Å². The van der Waals surface area contributed by atoms with Gasteiger partial charge in [-0.2, -0.15) is 0 Å². The van der Waals surface area contributed by atoms with E-state index in [0.717, 1.165) is 12.0 Å². The van der Waals surface area contributed by atoms with Crippen molar-refractivity contribution in [2.24, 2.45) is 0 Å². The molecular formula is C19H23NO2. The fourth-order valence-electron chi connectivity index (χ4n) is 2.50. The van der Waals surface area contributed by atoms with Crippen molar-refractivity contribution in [1.82, 2.24) is 5.32 Å². The Hall–Kier alpha value is -2.13. The summed E-state index contributed by atoms with van der Waals surface area (Å²) in [6, 6.07) is 17.4. The van der Waals surface area contributed by atoms with E-state index in [1.54, 1.807) is 6.92 Å². The Morgan fingerprint density at radius 3 is 2.41 bits per heavy atom. The monoisotopic (exact) mass is 297 g/mol. The lowest BCUT2D eigenvalue weighted by atomic mass is 9.92. The Bertz CT molecular complexity index is 620. The summed E-state index contributed by atoms with van der Waals surface area (Å²) in [6.07, 6.45) is 0.858. The van der Waals surface area contributed by atoms with Crippen LogP contribution < -0.4 is 5.32 Å². The first-order valence-electron chi connectivity index (χ1n) is 7.58. The average molecular weight is 297 g/mol. The molecule has 0 aliphatic rings. The van der Waals surface area contributed by atoms with Gasteiger partial charge in [-0.3, -0.25) is 4.79 Å². The lowest BCUT2D eigenvalue weighted by molar-refractivity contribution is -0.125. The number of carbonyl (C=O) groups is 1. The molecule has 0 radical (unpaired) electrons. The van der Waals surface area contributed by atoms with Crippen molar-refractivity contribution in [3.63, 3.8) is 0 Å². The summed E-state index contributed by atoms with van der Waals surface area (Å²) in [5.41, 5.74) is 2.07. The molecule has 3 nitrogen and oxygen atoms in total. The third-order valence-corrected chi connectivity index (χ3v) is 3.88. The van der Waals surface area contributed by atoms with E-state index in [0.29, 0.717) is 6.54 Å². The summed E-state index contributed by atoms with van der Waals surface area (Å²) in [5.74, 6) is -0.137. The number of carbonyl (C=O) groups excluding carboxylic acids is 1. The van der Waals surface area contributed by atoms with Gasteiger partial charge in [0.15, 0.2) is 0 Å². The molecule has 0 spiro atoms. The third kappa shape index (κ3) is 4.43. The summed E-state index contributed by atoms with van der Waals surface area (Å²) in [7, 11) is 0. The molecule has 3 heteroatoms. The fraction of sp³-hybridized carbons (Fsp3) is 0.316. The standard InChI is InChI=1S/C19H23NO2/c1-15-8-6-7-9-16(15)12-13-20-18(21)14-19(2,22)17-10-4-3-5-11-17/h3-11,22H,12-14H2,1-2H3,(H,20,21). The summed E-state index contributed by atoms with van der Waals surface area (Å²) in [5, 5.41) is 13.3. The van der Waals surface area contributed by atoms with Crippen LogP contribution in [0.2, 0.25) is 0 Å². The first-order chi connectivity index (χ1) is 10.5. The smallest absolute Gasteiger partial charge is 0.223 e. The predicted octanol–water partition coefficient (Wildman–Crippen LogP) is 2.95. The number of aryl methyl sites for hydroxylation is 1. The maximum Gasteiger partial charge on any atom is 0.223 e. The van der Waals surface area contributed by atoms with Crippen LogP contribution in [0.25, 0.3) is 0 Å². The minimum absolute atomic E-state index is 0.0603. The molecule has 0 bridgehead atoms. The van der Waals surface area contributed by atoms with Crippen molar-refractivity contribution in [3.05, 3.63) is 71.3 Å². The fourth-order valence-corrected chi connectivity index (χ4v) is 2.50. The van der Waals surface area contributed by atoms with Gasteiger partial charge >= 0.3 is 0 Å². The maximum atomic E-state index is 12.0. The van der Waals surface area contributed by atoms with E-state index in [4.69, 9.17) is 0 Å². The van der Waals surface area contributed by atoms with E-state index in [2.05, 4.69) is 24.4 Å². The maximum absolute atomic E-state index is 12.0. The minimum atomic E-state index is -1.14. The van der Waals surface area contributed by atoms with E-state index in [1.165, 1.54) is 11.1 Å². The summed E-state index contributed by atoms with van der Waals surface area (Å²) >= 11 is 0. The predicted molar refractivity (Wildman–Crippen MR) is 88.5 cm³/mol. The number of benzene rings is 2. The highest BCUT2D eigenvalue weighted by Crippen LogP contribution is 2.23. The summed E-state index contributed by atoms with van der Waals surface area (Å²) in [4.78, 5) is 12.0. The second-order valence-electron chi connectivity index (χ2n) is 5.84. The van der Waals surface area contributed by atoms with Gasteiger partial charge in [-0.15, -0.1) is 0 Å². The van der Waals surface area contributed by atoms with E-state index >= 15 is 0 Å². The molecule has 1 unspecified atom stereocenters. The highest BCUT2D eigenvalue weighted by molar-refractivity contribution is 5.77. The van der Waals surface area contributed by atoms with Crippen LogP contribution in [0.4, 0.5) is 0 Å². The molecule has 22 heavy (non-hydrogen) atoms. The van der Waals surface area contributed by atoms with E-state index in [-0.39, 0.29) is 12.3 Å². The molecular weight excluding hydrogens is 274 g/mol. The SMILES string of the molecule is Cc1ccccc1CCNC(=O)CC(C)(O)c1ccccc1. The van der Waals surface area contributed by atoms with Crippen LogP contribution in [-0.2, 0) is 16.8 Å². The largest absolute Gasteiger partial charge is 0.385 e. The Morgan fingerprint density at radius 1 is 1.09 bits per heavy atom. The Balaban J connectivity index is 1.84. The zero-order valence-corrected chi connectivity index (χ0v) is 13.2. The van der Waals surface area contributed by atoms with Crippen LogP contribution in [0.3, 0.4) is 0 Å². The van der Waals surface area contributed by atoms with Crippen LogP contribution in [0, 0.1) is 6.92 Å². The van der Waals surface area contributed by atoms with E-state index in [1.807, 2.05) is 42.5 Å². The van der Waals surface area contributed by atoms with Crippen LogP contribution in [0.5, 0.6) is 0 Å².